The largest absolute Gasteiger partial charge is 0.415 e. The van der Waals surface area contributed by atoms with Crippen molar-refractivity contribution in [2.75, 3.05) is 31.1 Å². The molecule has 1 saturated heterocycles. The first-order valence-electron chi connectivity index (χ1n) is 17.0. The molecule has 270 valence electrons. The Bertz CT molecular complexity index is 2200. The fourth-order valence-corrected chi connectivity index (χ4v) is 6.84. The zero-order chi connectivity index (χ0) is 36.9. The van der Waals surface area contributed by atoms with E-state index in [2.05, 4.69) is 15.1 Å². The van der Waals surface area contributed by atoms with Crippen LogP contribution in [0.3, 0.4) is 0 Å². The van der Waals surface area contributed by atoms with Crippen molar-refractivity contribution in [2.24, 2.45) is 5.16 Å². The maximum atomic E-state index is 13.9. The molecule has 16 nitrogen and oxygen atoms in total. The Morgan fingerprint density at radius 3 is 2.46 bits per heavy atom. The highest BCUT2D eigenvalue weighted by Gasteiger charge is 2.43. The van der Waals surface area contributed by atoms with Crippen LogP contribution in [0.2, 0.25) is 0 Å². The van der Waals surface area contributed by atoms with E-state index in [1.165, 1.54) is 12.4 Å². The van der Waals surface area contributed by atoms with Crippen LogP contribution in [0, 0.1) is 0 Å². The van der Waals surface area contributed by atoms with Crippen LogP contribution in [0.4, 0.5) is 10.7 Å². The highest BCUT2D eigenvalue weighted by atomic mass is 16.6. The Hall–Kier alpha value is -5.74. The lowest BCUT2D eigenvalue weighted by molar-refractivity contribution is -0.140. The van der Waals surface area contributed by atoms with E-state index in [0.717, 1.165) is 0 Å². The number of rotatable bonds is 6. The van der Waals surface area contributed by atoms with E-state index in [0.29, 0.717) is 76.7 Å². The first kappa shape index (κ1) is 34.7. The maximum Gasteiger partial charge on any atom is 0.415 e. The molecule has 3 aliphatic rings. The topological polar surface area (TPSA) is 202 Å². The zero-order valence-electron chi connectivity index (χ0n) is 29.2. The number of oxime groups is 1. The smallest absolute Gasteiger partial charge is 0.410 e. The molecule has 1 fully saturated rings. The van der Waals surface area contributed by atoms with Gasteiger partial charge in [-0.05, 0) is 57.9 Å². The molecule has 1 atom stereocenters. The molecule has 2 amide bonds. The number of fused-ring (bicyclic) bond motifs is 5. The number of ketones is 1. The fourth-order valence-electron chi connectivity index (χ4n) is 6.84. The Labute approximate surface area is 297 Å². The van der Waals surface area contributed by atoms with E-state index in [1.807, 2.05) is 25.7 Å². The number of ether oxygens (including phenoxy) is 1. The van der Waals surface area contributed by atoms with Crippen LogP contribution in [0.1, 0.15) is 73.1 Å². The van der Waals surface area contributed by atoms with E-state index < -0.39 is 23.2 Å². The van der Waals surface area contributed by atoms with Gasteiger partial charge in [0.15, 0.2) is 5.78 Å². The number of benzene rings is 1. The number of piperazine rings is 1. The average Bonchev–Trinajstić information content (AvgIpc) is 3.51. The summed E-state index contributed by atoms with van der Waals surface area (Å²) in [4.78, 5) is 74.1. The van der Waals surface area contributed by atoms with Gasteiger partial charge in [-0.3, -0.25) is 19.6 Å². The Kier molecular flexibility index (Phi) is 8.74. The number of carbonyl (C=O) groups is 3. The second-order valence-corrected chi connectivity index (χ2v) is 14.0. The highest BCUT2D eigenvalue weighted by molar-refractivity contribution is 6.03. The van der Waals surface area contributed by atoms with Crippen LogP contribution in [0.25, 0.3) is 22.3 Å². The molecule has 52 heavy (non-hydrogen) atoms. The fraction of sp³-hybridized carbons (Fsp3) is 0.389. The second kappa shape index (κ2) is 13.1. The van der Waals surface area contributed by atoms with Crippen LogP contribution in [0.15, 0.2) is 46.6 Å². The lowest BCUT2D eigenvalue weighted by Crippen LogP contribution is -2.50. The molecule has 0 unspecified atom stereocenters. The molecule has 2 aliphatic heterocycles. The van der Waals surface area contributed by atoms with Gasteiger partial charge in [-0.1, -0.05) is 12.1 Å². The predicted octanol–water partition coefficient (Wildman–Crippen LogP) is 2.92. The van der Waals surface area contributed by atoms with Gasteiger partial charge in [0.25, 0.3) is 11.5 Å². The molecular formula is C36H38N8O8. The molecule has 7 rings (SSSR count). The summed E-state index contributed by atoms with van der Waals surface area (Å²) < 4.78 is 7.45. The quantitative estimate of drug-likeness (QED) is 0.132. The van der Waals surface area contributed by atoms with Crippen molar-refractivity contribution in [3.63, 3.8) is 0 Å². The van der Waals surface area contributed by atoms with Gasteiger partial charge in [0.2, 0.25) is 5.95 Å². The first-order valence-corrected chi connectivity index (χ1v) is 17.0. The Balaban J connectivity index is 1.18. The van der Waals surface area contributed by atoms with Crippen molar-refractivity contribution in [3.05, 3.63) is 74.8 Å². The van der Waals surface area contributed by atoms with E-state index in [1.54, 1.807) is 52.4 Å². The number of anilines is 1. The van der Waals surface area contributed by atoms with Gasteiger partial charge in [-0.15, -0.1) is 0 Å². The number of carbonyl (C=O) groups excluding carboxylic acids is 3. The number of aliphatic hydroxyl groups is 1. The molecule has 1 aliphatic carbocycles. The van der Waals surface area contributed by atoms with Crippen molar-refractivity contribution < 1.29 is 34.3 Å². The van der Waals surface area contributed by atoms with E-state index >= 15 is 0 Å². The Morgan fingerprint density at radius 1 is 1.06 bits per heavy atom. The minimum Gasteiger partial charge on any atom is -0.410 e. The molecule has 1 aromatic carbocycles. The number of Topliss-reactive ketones (excluding diaryl/α,β-unsaturated/α-hetero) is 1. The predicted molar refractivity (Wildman–Crippen MR) is 188 cm³/mol. The molecule has 3 aromatic heterocycles. The molecule has 16 heteroatoms. The standard InChI is InChI=1S/C36H38N8O8/c1-5-36(49)26-15-28-30-25(19-44(28)32(47)22(26)7-9-29(36)45)24(18-39-52-35(2,3)4)23-14-21(6-8-27(23)40-30)51-34(48)43-12-10-42(11-13-43)33-37-16-20(17-38-33)31(46)41-50/h6,8,14-18,49-50H,5,7,9-13,19H2,1-4H3,(H,41,46)/b39-18-/t36-/m0/s1. The number of hydrogen-bond acceptors (Lipinski definition) is 13. The summed E-state index contributed by atoms with van der Waals surface area (Å²) in [6.07, 6.45) is 4.15. The van der Waals surface area contributed by atoms with Gasteiger partial charge in [0.05, 0.1) is 35.2 Å². The van der Waals surface area contributed by atoms with E-state index in [9.17, 15) is 24.3 Å². The summed E-state index contributed by atoms with van der Waals surface area (Å²) >= 11 is 0. The molecule has 4 aromatic rings. The third-order valence-electron chi connectivity index (χ3n) is 9.62. The van der Waals surface area contributed by atoms with Crippen molar-refractivity contribution in [3.8, 4) is 17.1 Å². The van der Waals surface area contributed by atoms with Gasteiger partial charge in [-0.25, -0.2) is 25.2 Å². The minimum absolute atomic E-state index is 0.0931. The summed E-state index contributed by atoms with van der Waals surface area (Å²) in [5, 5.41) is 25.1. The SMILES string of the molecule is CC[C@@]1(O)C(=O)CCc2c1cc1n(c2=O)Cc2c-1nc1ccc(OC(=O)N3CCN(c4ncc(C(=O)NO)cn4)CC3)cc1c2/C=N\OC(C)(C)C. The summed E-state index contributed by atoms with van der Waals surface area (Å²) in [5.41, 5.74) is 2.75. The lowest BCUT2D eigenvalue weighted by Gasteiger charge is -2.33. The maximum absolute atomic E-state index is 13.9. The summed E-state index contributed by atoms with van der Waals surface area (Å²) in [6, 6.07) is 6.80. The number of amides is 2. The molecule has 3 N–H and O–H groups in total. The number of pyridine rings is 2. The third-order valence-corrected chi connectivity index (χ3v) is 9.62. The molecule has 0 radical (unpaired) electrons. The highest BCUT2D eigenvalue weighted by Crippen LogP contribution is 2.41. The van der Waals surface area contributed by atoms with Crippen molar-refractivity contribution in [1.82, 2.24) is 29.9 Å². The number of hydrogen-bond donors (Lipinski definition) is 3. The monoisotopic (exact) mass is 710 g/mol. The number of aromatic nitrogens is 4. The molecule has 0 saturated carbocycles. The van der Waals surface area contributed by atoms with Crippen LogP contribution >= 0.6 is 0 Å². The van der Waals surface area contributed by atoms with Gasteiger partial charge in [-0.2, -0.15) is 0 Å². The van der Waals surface area contributed by atoms with E-state index in [4.69, 9.17) is 19.8 Å². The van der Waals surface area contributed by atoms with Gasteiger partial charge >= 0.3 is 6.09 Å². The van der Waals surface area contributed by atoms with Crippen LogP contribution < -0.4 is 20.7 Å². The van der Waals surface area contributed by atoms with E-state index in [-0.39, 0.29) is 48.5 Å². The lowest BCUT2D eigenvalue weighted by atomic mass is 9.77. The van der Waals surface area contributed by atoms with Crippen molar-refractivity contribution in [2.45, 2.75) is 64.7 Å². The summed E-state index contributed by atoms with van der Waals surface area (Å²) in [5.74, 6) is -0.346. The van der Waals surface area contributed by atoms with Crippen molar-refractivity contribution >= 4 is 40.8 Å². The van der Waals surface area contributed by atoms with Crippen LogP contribution in [-0.2, 0) is 28.2 Å². The molecule has 0 bridgehead atoms. The summed E-state index contributed by atoms with van der Waals surface area (Å²) in [7, 11) is 0. The van der Waals surface area contributed by atoms with Gasteiger partial charge in [0, 0.05) is 72.6 Å². The molecule has 5 heterocycles. The minimum atomic E-state index is -1.74. The number of hydroxylamine groups is 1. The molecule has 0 spiro atoms. The van der Waals surface area contributed by atoms with Crippen molar-refractivity contribution in [1.29, 1.82) is 0 Å². The zero-order valence-corrected chi connectivity index (χ0v) is 29.2. The molecular weight excluding hydrogens is 672 g/mol. The van der Waals surface area contributed by atoms with Gasteiger partial charge < -0.3 is 29.0 Å². The first-order chi connectivity index (χ1) is 24.8. The van der Waals surface area contributed by atoms with Crippen LogP contribution in [0.5, 0.6) is 5.75 Å². The normalized spacial score (nSPS) is 18.3. The van der Waals surface area contributed by atoms with Crippen LogP contribution in [-0.4, -0.2) is 90.5 Å². The Morgan fingerprint density at radius 2 is 1.79 bits per heavy atom. The summed E-state index contributed by atoms with van der Waals surface area (Å²) in [6.45, 7) is 9.04. The average molecular weight is 711 g/mol. The number of nitrogens with zero attached hydrogens (tertiary/aromatic N) is 7. The number of nitrogens with one attached hydrogen (secondary N) is 1. The third kappa shape index (κ3) is 6.13. The van der Waals surface area contributed by atoms with Gasteiger partial charge in [0.1, 0.15) is 17.0 Å². The second-order valence-electron chi connectivity index (χ2n) is 14.0.